The molecule has 10 heteroatoms. The Morgan fingerprint density at radius 3 is 2.17 bits per heavy atom. The Kier molecular flexibility index (Phi) is 6.58. The van der Waals surface area contributed by atoms with Crippen molar-refractivity contribution in [1.29, 1.82) is 0 Å². The van der Waals surface area contributed by atoms with E-state index in [0.717, 1.165) is 0 Å². The first-order chi connectivity index (χ1) is 14.4. The zero-order chi connectivity index (χ0) is 21.7. The Balaban J connectivity index is 1.84. The van der Waals surface area contributed by atoms with E-state index in [4.69, 9.17) is 14.2 Å². The second-order valence-corrected chi connectivity index (χ2v) is 6.50. The van der Waals surface area contributed by atoms with Gasteiger partial charge in [-0.15, -0.1) is 0 Å². The molecule has 0 unspecified atom stereocenters. The molecule has 1 aromatic heterocycles. The van der Waals surface area contributed by atoms with Crippen LogP contribution in [0.15, 0.2) is 24.4 Å². The van der Waals surface area contributed by atoms with Gasteiger partial charge in [0.1, 0.15) is 0 Å². The highest BCUT2D eigenvalue weighted by molar-refractivity contribution is 6.06. The standard InChI is InChI=1S/C20H22N4O6/c1-12-16(11-21-20(22-12)24-4-6-30-7-5-24)17(25)23-15-9-13(18(26)28-2)8-14(10-15)19(27)29-3/h8-11H,4-7H2,1-3H3,(H,23,25). The number of hydrogen-bond donors (Lipinski definition) is 1. The second kappa shape index (κ2) is 9.31. The summed E-state index contributed by atoms with van der Waals surface area (Å²) in [6.45, 7) is 4.28. The number of nitrogens with one attached hydrogen (secondary N) is 1. The maximum atomic E-state index is 12.8. The van der Waals surface area contributed by atoms with Gasteiger partial charge in [0.25, 0.3) is 5.91 Å². The molecule has 0 spiro atoms. The summed E-state index contributed by atoms with van der Waals surface area (Å²) >= 11 is 0. The molecule has 3 rings (SSSR count). The molecule has 1 amide bonds. The first kappa shape index (κ1) is 21.2. The maximum absolute atomic E-state index is 12.8. The predicted molar refractivity (Wildman–Crippen MR) is 107 cm³/mol. The van der Waals surface area contributed by atoms with Crippen LogP contribution >= 0.6 is 0 Å². The van der Waals surface area contributed by atoms with Crippen molar-refractivity contribution in [3.63, 3.8) is 0 Å². The summed E-state index contributed by atoms with van der Waals surface area (Å²) < 4.78 is 14.7. The minimum Gasteiger partial charge on any atom is -0.465 e. The third-order valence-corrected chi connectivity index (χ3v) is 4.54. The van der Waals surface area contributed by atoms with E-state index < -0.39 is 17.8 Å². The summed E-state index contributed by atoms with van der Waals surface area (Å²) in [5.74, 6) is -1.23. The van der Waals surface area contributed by atoms with Gasteiger partial charge in [0.15, 0.2) is 0 Å². The monoisotopic (exact) mass is 414 g/mol. The molecule has 1 saturated heterocycles. The molecule has 158 valence electrons. The number of amides is 1. The topological polar surface area (TPSA) is 120 Å². The number of aromatic nitrogens is 2. The number of methoxy groups -OCH3 is 2. The Morgan fingerprint density at radius 2 is 1.63 bits per heavy atom. The lowest BCUT2D eigenvalue weighted by Crippen LogP contribution is -2.37. The summed E-state index contributed by atoms with van der Waals surface area (Å²) in [5.41, 5.74) is 1.22. The van der Waals surface area contributed by atoms with Crippen molar-refractivity contribution in [2.24, 2.45) is 0 Å². The molecular formula is C20H22N4O6. The second-order valence-electron chi connectivity index (χ2n) is 6.50. The molecule has 1 aliphatic heterocycles. The van der Waals surface area contributed by atoms with Gasteiger partial charge in [-0.3, -0.25) is 4.79 Å². The number of aryl methyl sites for hydroxylation is 1. The third-order valence-electron chi connectivity index (χ3n) is 4.54. The zero-order valence-corrected chi connectivity index (χ0v) is 16.9. The van der Waals surface area contributed by atoms with Gasteiger partial charge in [0, 0.05) is 25.0 Å². The Hall–Kier alpha value is -3.53. The first-order valence-corrected chi connectivity index (χ1v) is 9.22. The molecule has 0 atom stereocenters. The first-order valence-electron chi connectivity index (χ1n) is 9.22. The van der Waals surface area contributed by atoms with Gasteiger partial charge in [-0.25, -0.2) is 19.6 Å². The summed E-state index contributed by atoms with van der Waals surface area (Å²) in [4.78, 5) is 47.3. The van der Waals surface area contributed by atoms with Crippen molar-refractivity contribution < 1.29 is 28.6 Å². The summed E-state index contributed by atoms with van der Waals surface area (Å²) in [6, 6.07) is 4.15. The fourth-order valence-electron chi connectivity index (χ4n) is 2.96. The quantitative estimate of drug-likeness (QED) is 0.725. The van der Waals surface area contributed by atoms with Crippen LogP contribution in [0.3, 0.4) is 0 Å². The van der Waals surface area contributed by atoms with E-state index >= 15 is 0 Å². The van der Waals surface area contributed by atoms with Gasteiger partial charge in [-0.1, -0.05) is 0 Å². The van der Waals surface area contributed by atoms with Crippen LogP contribution in [0.2, 0.25) is 0 Å². The number of esters is 2. The average Bonchev–Trinajstić information content (AvgIpc) is 2.78. The SMILES string of the molecule is COC(=O)c1cc(NC(=O)c2cnc(N3CCOCC3)nc2C)cc(C(=O)OC)c1. The van der Waals surface area contributed by atoms with Crippen LogP contribution in [0.1, 0.15) is 36.8 Å². The number of benzene rings is 1. The maximum Gasteiger partial charge on any atom is 0.337 e. The molecule has 1 aromatic carbocycles. The fourth-order valence-corrected chi connectivity index (χ4v) is 2.96. The lowest BCUT2D eigenvalue weighted by Gasteiger charge is -2.27. The van der Waals surface area contributed by atoms with Crippen molar-refractivity contribution in [3.05, 3.63) is 46.8 Å². The Bertz CT molecular complexity index is 938. The number of carbonyl (C=O) groups excluding carboxylic acids is 3. The molecule has 1 fully saturated rings. The van der Waals surface area contributed by atoms with Crippen LogP contribution in [0.4, 0.5) is 11.6 Å². The van der Waals surface area contributed by atoms with E-state index in [1.54, 1.807) is 6.92 Å². The Labute approximate surface area is 173 Å². The van der Waals surface area contributed by atoms with Gasteiger partial charge in [-0.05, 0) is 25.1 Å². The highest BCUT2D eigenvalue weighted by atomic mass is 16.5. The molecular weight excluding hydrogens is 392 g/mol. The molecule has 0 saturated carbocycles. The molecule has 2 heterocycles. The fraction of sp³-hybridized carbons (Fsp3) is 0.350. The van der Waals surface area contributed by atoms with Gasteiger partial charge < -0.3 is 24.4 Å². The van der Waals surface area contributed by atoms with Gasteiger partial charge >= 0.3 is 11.9 Å². The highest BCUT2D eigenvalue weighted by Gasteiger charge is 2.19. The molecule has 0 bridgehead atoms. The van der Waals surface area contributed by atoms with E-state index in [-0.39, 0.29) is 22.4 Å². The number of carbonyl (C=O) groups is 3. The van der Waals surface area contributed by atoms with E-state index in [1.807, 2.05) is 4.90 Å². The van der Waals surface area contributed by atoms with Crippen molar-refractivity contribution in [2.75, 3.05) is 50.7 Å². The summed E-state index contributed by atoms with van der Waals surface area (Å²) in [7, 11) is 2.45. The van der Waals surface area contributed by atoms with Crippen molar-refractivity contribution in [3.8, 4) is 0 Å². The number of anilines is 2. The normalized spacial score (nSPS) is 13.5. The molecule has 0 aliphatic carbocycles. The van der Waals surface area contributed by atoms with Crippen molar-refractivity contribution in [1.82, 2.24) is 9.97 Å². The number of morpholine rings is 1. The largest absolute Gasteiger partial charge is 0.465 e. The smallest absolute Gasteiger partial charge is 0.337 e. The van der Waals surface area contributed by atoms with Crippen LogP contribution < -0.4 is 10.2 Å². The third kappa shape index (κ3) is 4.71. The van der Waals surface area contributed by atoms with Gasteiger partial charge in [-0.2, -0.15) is 0 Å². The minimum absolute atomic E-state index is 0.103. The van der Waals surface area contributed by atoms with Crippen LogP contribution in [0.5, 0.6) is 0 Å². The van der Waals surface area contributed by atoms with Crippen LogP contribution in [0, 0.1) is 6.92 Å². The predicted octanol–water partition coefficient (Wildman–Crippen LogP) is 1.45. The highest BCUT2D eigenvalue weighted by Crippen LogP contribution is 2.19. The van der Waals surface area contributed by atoms with E-state index in [1.165, 1.54) is 38.6 Å². The minimum atomic E-state index is -0.648. The number of rotatable bonds is 5. The number of ether oxygens (including phenoxy) is 3. The Morgan fingerprint density at radius 1 is 1.03 bits per heavy atom. The van der Waals surface area contributed by atoms with E-state index in [9.17, 15) is 14.4 Å². The van der Waals surface area contributed by atoms with Crippen LogP contribution in [-0.2, 0) is 14.2 Å². The molecule has 10 nitrogen and oxygen atoms in total. The van der Waals surface area contributed by atoms with Crippen molar-refractivity contribution in [2.45, 2.75) is 6.92 Å². The van der Waals surface area contributed by atoms with Crippen LogP contribution in [-0.4, -0.2) is 68.3 Å². The van der Waals surface area contributed by atoms with Gasteiger partial charge in [0.2, 0.25) is 5.95 Å². The number of hydrogen-bond acceptors (Lipinski definition) is 9. The van der Waals surface area contributed by atoms with E-state index in [2.05, 4.69) is 15.3 Å². The summed E-state index contributed by atoms with van der Waals surface area (Å²) in [5, 5.41) is 2.67. The molecule has 2 aromatic rings. The van der Waals surface area contributed by atoms with E-state index in [0.29, 0.717) is 37.9 Å². The zero-order valence-electron chi connectivity index (χ0n) is 16.9. The number of nitrogens with zero attached hydrogens (tertiary/aromatic N) is 3. The van der Waals surface area contributed by atoms with Gasteiger partial charge in [0.05, 0.1) is 49.8 Å². The lowest BCUT2D eigenvalue weighted by molar-refractivity contribution is 0.0599. The molecule has 1 aliphatic rings. The molecule has 30 heavy (non-hydrogen) atoms. The van der Waals surface area contributed by atoms with Crippen molar-refractivity contribution >= 4 is 29.5 Å². The summed E-state index contributed by atoms with van der Waals surface area (Å²) in [6.07, 6.45) is 1.45. The molecule has 0 radical (unpaired) electrons. The average molecular weight is 414 g/mol. The van der Waals surface area contributed by atoms with Crippen LogP contribution in [0.25, 0.3) is 0 Å². The molecule has 1 N–H and O–H groups in total. The lowest BCUT2D eigenvalue weighted by atomic mass is 10.1.